The number of pyridine rings is 1. The van der Waals surface area contributed by atoms with Crippen LogP contribution >= 0.6 is 11.6 Å². The van der Waals surface area contributed by atoms with Crippen LogP contribution < -0.4 is 10.2 Å². The average molecular weight is 594 g/mol. The molecule has 2 aromatic heterocycles. The van der Waals surface area contributed by atoms with E-state index in [0.717, 1.165) is 67.2 Å². The van der Waals surface area contributed by atoms with E-state index in [9.17, 15) is 9.18 Å². The van der Waals surface area contributed by atoms with Gasteiger partial charge in [0.2, 0.25) is 0 Å². The molecule has 0 bridgehead atoms. The smallest absolute Gasteiger partial charge is 0.253 e. The van der Waals surface area contributed by atoms with Gasteiger partial charge in [0.05, 0.1) is 5.69 Å². The van der Waals surface area contributed by atoms with Crippen molar-refractivity contribution in [2.24, 2.45) is 0 Å². The van der Waals surface area contributed by atoms with Gasteiger partial charge in [-0.3, -0.25) is 4.79 Å². The summed E-state index contributed by atoms with van der Waals surface area (Å²) in [6, 6.07) is 23.7. The number of H-pyrrole nitrogens is 1. The van der Waals surface area contributed by atoms with Crippen LogP contribution in [0.3, 0.4) is 0 Å². The van der Waals surface area contributed by atoms with E-state index in [4.69, 9.17) is 16.6 Å². The van der Waals surface area contributed by atoms with Gasteiger partial charge in [0.1, 0.15) is 12.5 Å². The Morgan fingerprint density at radius 2 is 1.77 bits per heavy atom. The number of hydrogen-bond acceptors (Lipinski definition) is 4. The van der Waals surface area contributed by atoms with E-state index in [0.29, 0.717) is 28.6 Å². The van der Waals surface area contributed by atoms with Crippen molar-refractivity contribution >= 4 is 39.9 Å². The molecule has 218 valence electrons. The molecule has 43 heavy (non-hydrogen) atoms. The number of alkyl halides is 1. The highest BCUT2D eigenvalue weighted by Crippen LogP contribution is 2.35. The summed E-state index contributed by atoms with van der Waals surface area (Å²) < 4.78 is 13.7. The van der Waals surface area contributed by atoms with Crippen LogP contribution in [0.15, 0.2) is 85.2 Å². The molecule has 6 nitrogen and oxygen atoms in total. The Hall–Kier alpha value is -4.36. The largest absolute Gasteiger partial charge is 0.367 e. The molecule has 1 fully saturated rings. The third-order valence-electron chi connectivity index (χ3n) is 8.86. The average Bonchev–Trinajstić information content (AvgIpc) is 3.49. The van der Waals surface area contributed by atoms with E-state index in [-0.39, 0.29) is 5.91 Å². The lowest BCUT2D eigenvalue weighted by Crippen LogP contribution is -2.37. The molecule has 0 unspecified atom stereocenters. The lowest BCUT2D eigenvalue weighted by molar-refractivity contribution is 0.0713. The number of rotatable bonds is 6. The Labute approximate surface area is 255 Å². The van der Waals surface area contributed by atoms with Crippen LogP contribution in [0.2, 0.25) is 5.02 Å². The Balaban J connectivity index is 1.04. The fourth-order valence-electron chi connectivity index (χ4n) is 6.47. The number of likely N-dealkylation sites (tertiary alicyclic amines) is 1. The summed E-state index contributed by atoms with van der Waals surface area (Å²) in [5.41, 5.74) is 7.66. The number of hydrogen-bond donors (Lipinski definition) is 2. The van der Waals surface area contributed by atoms with Crippen molar-refractivity contribution in [2.75, 3.05) is 36.4 Å². The monoisotopic (exact) mass is 593 g/mol. The minimum absolute atomic E-state index is 0.0769. The Bertz CT molecular complexity index is 1780. The highest BCUT2D eigenvalue weighted by atomic mass is 35.5. The maximum atomic E-state index is 13.7. The summed E-state index contributed by atoms with van der Waals surface area (Å²) in [6.07, 6.45) is 5.90. The van der Waals surface area contributed by atoms with Crippen LogP contribution in [0.5, 0.6) is 0 Å². The zero-order valence-corrected chi connectivity index (χ0v) is 24.6. The molecule has 0 spiro atoms. The quantitative estimate of drug-likeness (QED) is 0.211. The second kappa shape index (κ2) is 11.7. The number of para-hydroxylation sites is 1. The van der Waals surface area contributed by atoms with Gasteiger partial charge in [0, 0.05) is 72.2 Å². The van der Waals surface area contributed by atoms with Gasteiger partial charge in [-0.1, -0.05) is 48.0 Å². The molecule has 0 aliphatic carbocycles. The van der Waals surface area contributed by atoms with Crippen LogP contribution in [-0.2, 0) is 13.2 Å². The standard InChI is InChI=1S/C35H33ClFN5O/c36-29-10-9-26(19-37)28(17-29)22-42-16-13-38-34-33(42)18-27(20-40-34)23-5-7-25(8-6-23)35(43)41-14-11-24(12-15-41)31-21-39-32-4-2-1-3-30(31)32/h1-10,17-18,20-21,24,39H,11-16,19,22H2,(H,38,40). The number of fused-ring (bicyclic) bond motifs is 2. The topological polar surface area (TPSA) is 64.3 Å². The van der Waals surface area contributed by atoms with Crippen LogP contribution in [0, 0.1) is 0 Å². The number of benzene rings is 3. The van der Waals surface area contributed by atoms with Crippen molar-refractivity contribution in [3.05, 3.63) is 112 Å². The molecule has 1 saturated heterocycles. The van der Waals surface area contributed by atoms with Gasteiger partial charge in [0.15, 0.2) is 0 Å². The summed E-state index contributed by atoms with van der Waals surface area (Å²) in [6.45, 7) is 3.03. The summed E-state index contributed by atoms with van der Waals surface area (Å²) in [4.78, 5) is 25.7. The molecule has 2 aliphatic rings. The first-order valence-corrected chi connectivity index (χ1v) is 15.2. The Morgan fingerprint density at radius 3 is 2.58 bits per heavy atom. The highest BCUT2D eigenvalue weighted by Gasteiger charge is 2.26. The second-order valence-corrected chi connectivity index (χ2v) is 11.9. The van der Waals surface area contributed by atoms with Crippen molar-refractivity contribution in [1.82, 2.24) is 14.9 Å². The highest BCUT2D eigenvalue weighted by molar-refractivity contribution is 6.30. The van der Waals surface area contributed by atoms with E-state index >= 15 is 0 Å². The van der Waals surface area contributed by atoms with Crippen LogP contribution in [0.25, 0.3) is 22.0 Å². The van der Waals surface area contributed by atoms with Gasteiger partial charge in [-0.15, -0.1) is 0 Å². The summed E-state index contributed by atoms with van der Waals surface area (Å²) >= 11 is 6.23. The molecule has 7 rings (SSSR count). The molecular weight excluding hydrogens is 561 g/mol. The number of aromatic amines is 1. The SMILES string of the molecule is O=C(c1ccc(-c2cnc3c(c2)N(Cc2cc(Cl)ccc2CF)CCN3)cc1)N1CCC(c2c[nH]c3ccccc23)CC1. The molecule has 2 N–H and O–H groups in total. The lowest BCUT2D eigenvalue weighted by atomic mass is 9.89. The fraction of sp³-hybridized carbons (Fsp3) is 0.257. The summed E-state index contributed by atoms with van der Waals surface area (Å²) in [5.74, 6) is 1.34. The number of nitrogens with zero attached hydrogens (tertiary/aromatic N) is 3. The minimum Gasteiger partial charge on any atom is -0.367 e. The first-order chi connectivity index (χ1) is 21.1. The van der Waals surface area contributed by atoms with Crippen LogP contribution in [0.1, 0.15) is 45.8 Å². The number of piperidine rings is 1. The normalized spacial score (nSPS) is 15.4. The number of carbonyl (C=O) groups excluding carboxylic acids is 1. The zero-order chi connectivity index (χ0) is 29.3. The van der Waals surface area contributed by atoms with E-state index in [1.165, 1.54) is 16.5 Å². The van der Waals surface area contributed by atoms with Crippen molar-refractivity contribution in [3.63, 3.8) is 0 Å². The number of halogens is 2. The summed E-state index contributed by atoms with van der Waals surface area (Å²) in [7, 11) is 0. The Morgan fingerprint density at radius 1 is 0.953 bits per heavy atom. The third-order valence-corrected chi connectivity index (χ3v) is 9.10. The molecule has 2 aliphatic heterocycles. The lowest BCUT2D eigenvalue weighted by Gasteiger charge is -2.32. The van der Waals surface area contributed by atoms with E-state index in [2.05, 4.69) is 51.7 Å². The summed E-state index contributed by atoms with van der Waals surface area (Å²) in [5, 5.41) is 5.26. The first-order valence-electron chi connectivity index (χ1n) is 14.9. The van der Waals surface area contributed by atoms with Crippen LogP contribution in [0.4, 0.5) is 15.9 Å². The number of amides is 1. The number of nitrogens with one attached hydrogen (secondary N) is 2. The predicted octanol–water partition coefficient (Wildman–Crippen LogP) is 7.80. The minimum atomic E-state index is -0.531. The second-order valence-electron chi connectivity index (χ2n) is 11.4. The van der Waals surface area contributed by atoms with Gasteiger partial charge in [-0.2, -0.15) is 0 Å². The van der Waals surface area contributed by atoms with Gasteiger partial charge in [0.25, 0.3) is 5.91 Å². The Kier molecular flexibility index (Phi) is 7.49. The molecular formula is C35H33ClFN5O. The molecule has 3 aromatic carbocycles. The van der Waals surface area contributed by atoms with Gasteiger partial charge >= 0.3 is 0 Å². The maximum Gasteiger partial charge on any atom is 0.253 e. The molecule has 0 saturated carbocycles. The van der Waals surface area contributed by atoms with E-state index in [1.807, 2.05) is 41.4 Å². The number of anilines is 2. The van der Waals surface area contributed by atoms with Gasteiger partial charge < -0.3 is 20.1 Å². The van der Waals surface area contributed by atoms with Crippen LogP contribution in [-0.4, -0.2) is 47.0 Å². The zero-order valence-electron chi connectivity index (χ0n) is 23.8. The van der Waals surface area contributed by atoms with Crippen molar-refractivity contribution < 1.29 is 9.18 Å². The van der Waals surface area contributed by atoms with E-state index < -0.39 is 6.67 Å². The first kappa shape index (κ1) is 27.5. The molecule has 0 radical (unpaired) electrons. The molecule has 8 heteroatoms. The third kappa shape index (κ3) is 5.45. The van der Waals surface area contributed by atoms with Crippen molar-refractivity contribution in [2.45, 2.75) is 32.0 Å². The van der Waals surface area contributed by atoms with Gasteiger partial charge in [-0.05, 0) is 77.4 Å². The van der Waals surface area contributed by atoms with Crippen molar-refractivity contribution in [3.8, 4) is 11.1 Å². The van der Waals surface area contributed by atoms with Gasteiger partial charge in [-0.25, -0.2) is 9.37 Å². The fourth-order valence-corrected chi connectivity index (χ4v) is 6.67. The van der Waals surface area contributed by atoms with Crippen molar-refractivity contribution in [1.29, 1.82) is 0 Å². The molecule has 0 atom stereocenters. The molecule has 1 amide bonds. The molecule has 5 aromatic rings. The predicted molar refractivity (Wildman–Crippen MR) is 172 cm³/mol. The number of aromatic nitrogens is 2. The maximum absolute atomic E-state index is 13.7. The number of carbonyl (C=O) groups is 1. The van der Waals surface area contributed by atoms with E-state index in [1.54, 1.807) is 12.1 Å². The molecule has 4 heterocycles.